The third-order valence-corrected chi connectivity index (χ3v) is 20.7. The van der Waals surface area contributed by atoms with Crippen molar-refractivity contribution in [2.75, 3.05) is 39.6 Å². The SMILES string of the molecule is CC/C=C\C/C=C\C/C=C\C/C=C\C/C=C\C/C=C\CCCCCCCCCCCCCCCCCCC(=O)OCC(O)COP(=O)(O)OCC(O)COP(=O)(O)OCC(COC(=O)CCCCCCCCCCCCC/C=C\C/C=C\C/C=C\C/C=C\C/C=C\CC)OC(=O)CCCCC/C=C\C/C=C\C/C=C\C/C=C\C/C=C\CC. The number of carbonyl (C=O) groups excluding carboxylic acids is 3. The number of ether oxygens (including phenoxy) is 3. The van der Waals surface area contributed by atoms with Crippen molar-refractivity contribution in [3.05, 3.63) is 194 Å². The molecule has 0 aliphatic rings. The zero-order valence-corrected chi connectivity index (χ0v) is 75.1. The summed E-state index contributed by atoms with van der Waals surface area (Å²) in [4.78, 5) is 58.9. The first-order valence-corrected chi connectivity index (χ1v) is 48.7. The Morgan fingerprint density at radius 2 is 0.427 bits per heavy atom. The number of phosphoric acid groups is 2. The molecule has 0 heterocycles. The fraction of sp³-hybridized carbons (Fsp3) is 0.646. The molecule has 0 radical (unpaired) electrons. The molecule has 0 fully saturated rings. The zero-order valence-electron chi connectivity index (χ0n) is 73.3. The average molecular weight is 1670 g/mol. The fourth-order valence-corrected chi connectivity index (χ4v) is 13.6. The first-order valence-electron chi connectivity index (χ1n) is 45.7. The van der Waals surface area contributed by atoms with Crippen LogP contribution in [0.25, 0.3) is 0 Å². The van der Waals surface area contributed by atoms with Crippen molar-refractivity contribution in [2.45, 2.75) is 373 Å². The molecule has 0 aromatic rings. The van der Waals surface area contributed by atoms with E-state index in [2.05, 4.69) is 215 Å². The summed E-state index contributed by atoms with van der Waals surface area (Å²) in [5.74, 6) is -1.62. The molecule has 18 heteroatoms. The molecule has 0 amide bonds. The van der Waals surface area contributed by atoms with Gasteiger partial charge in [0.05, 0.1) is 26.4 Å². The number of aliphatic hydroxyl groups excluding tert-OH is 2. The Morgan fingerprint density at radius 1 is 0.239 bits per heavy atom. The zero-order chi connectivity index (χ0) is 85.1. The molecule has 4 N–H and O–H groups in total. The Hall–Kier alpha value is -5.61. The van der Waals surface area contributed by atoms with Gasteiger partial charge < -0.3 is 34.2 Å². The minimum atomic E-state index is -4.95. The number of unbranched alkanes of at least 4 members (excludes halogenated alkanes) is 30. The number of hydrogen-bond donors (Lipinski definition) is 4. The van der Waals surface area contributed by atoms with E-state index in [1.165, 1.54) is 122 Å². The normalized spacial score (nSPS) is 14.7. The first-order chi connectivity index (χ1) is 57.2. The summed E-state index contributed by atoms with van der Waals surface area (Å²) in [7, 11) is -9.83. The lowest BCUT2D eigenvalue weighted by molar-refractivity contribution is -0.161. The summed E-state index contributed by atoms with van der Waals surface area (Å²) in [5.41, 5.74) is 0. The Labute approximate surface area is 712 Å². The van der Waals surface area contributed by atoms with E-state index in [0.29, 0.717) is 19.3 Å². The largest absolute Gasteiger partial charge is 0.472 e. The monoisotopic (exact) mass is 1670 g/mol. The fourth-order valence-electron chi connectivity index (χ4n) is 12.0. The van der Waals surface area contributed by atoms with Gasteiger partial charge in [0.15, 0.2) is 6.10 Å². The molecule has 0 bridgehead atoms. The van der Waals surface area contributed by atoms with E-state index in [0.717, 1.165) is 173 Å². The predicted molar refractivity (Wildman–Crippen MR) is 491 cm³/mol. The van der Waals surface area contributed by atoms with E-state index >= 15 is 0 Å². The number of hydrogen-bond acceptors (Lipinski definition) is 14. The minimum absolute atomic E-state index is 0.0593. The lowest BCUT2D eigenvalue weighted by Crippen LogP contribution is -2.30. The molecular formula is C99H164O16P2. The van der Waals surface area contributed by atoms with Gasteiger partial charge in [-0.05, 0) is 161 Å². The van der Waals surface area contributed by atoms with Crippen LogP contribution in [-0.2, 0) is 55.8 Å². The van der Waals surface area contributed by atoms with Gasteiger partial charge in [-0.3, -0.25) is 32.5 Å². The summed E-state index contributed by atoms with van der Waals surface area (Å²) >= 11 is 0. The average Bonchev–Trinajstić information content (AvgIpc) is 0.904. The van der Waals surface area contributed by atoms with Gasteiger partial charge in [0, 0.05) is 19.3 Å². The molecule has 16 nitrogen and oxygen atoms in total. The summed E-state index contributed by atoms with van der Waals surface area (Å²) in [6.07, 6.45) is 119. The molecule has 0 saturated carbocycles. The third-order valence-electron chi connectivity index (χ3n) is 18.8. The van der Waals surface area contributed by atoms with Gasteiger partial charge >= 0.3 is 33.6 Å². The van der Waals surface area contributed by atoms with Gasteiger partial charge in [0.2, 0.25) is 0 Å². The maximum Gasteiger partial charge on any atom is 0.472 e. The van der Waals surface area contributed by atoms with Gasteiger partial charge in [-0.1, -0.05) is 369 Å². The van der Waals surface area contributed by atoms with E-state index in [9.17, 15) is 43.5 Å². The van der Waals surface area contributed by atoms with Gasteiger partial charge in [-0.2, -0.15) is 0 Å². The highest BCUT2D eigenvalue weighted by Crippen LogP contribution is 2.45. The van der Waals surface area contributed by atoms with E-state index in [1.54, 1.807) is 0 Å². The van der Waals surface area contributed by atoms with Crippen molar-refractivity contribution < 1.29 is 75.8 Å². The van der Waals surface area contributed by atoms with Crippen LogP contribution in [-0.4, -0.2) is 95.9 Å². The van der Waals surface area contributed by atoms with Crippen LogP contribution in [0.2, 0.25) is 0 Å². The maximum atomic E-state index is 13.0. The second kappa shape index (κ2) is 89.6. The maximum absolute atomic E-state index is 13.0. The second-order valence-corrected chi connectivity index (χ2v) is 32.9. The van der Waals surface area contributed by atoms with Crippen molar-refractivity contribution in [1.82, 2.24) is 0 Å². The summed E-state index contributed by atoms with van der Waals surface area (Å²) in [6, 6.07) is 0. The highest BCUT2D eigenvalue weighted by atomic mass is 31.2. The summed E-state index contributed by atoms with van der Waals surface area (Å²) < 4.78 is 61.4. The smallest absolute Gasteiger partial charge is 0.463 e. The van der Waals surface area contributed by atoms with Crippen LogP contribution in [0.4, 0.5) is 0 Å². The number of phosphoric ester groups is 2. The highest BCUT2D eigenvalue weighted by molar-refractivity contribution is 7.47. The number of aliphatic hydroxyl groups is 2. The quantitative estimate of drug-likeness (QED) is 0.0146. The number of allylic oxidation sites excluding steroid dienone is 32. The van der Waals surface area contributed by atoms with Crippen molar-refractivity contribution in [1.29, 1.82) is 0 Å². The molecule has 0 saturated heterocycles. The minimum Gasteiger partial charge on any atom is -0.463 e. The molecule has 0 aliphatic heterocycles. The molecule has 666 valence electrons. The van der Waals surface area contributed by atoms with Crippen LogP contribution in [0.1, 0.15) is 355 Å². The van der Waals surface area contributed by atoms with Crippen LogP contribution >= 0.6 is 15.6 Å². The van der Waals surface area contributed by atoms with Crippen LogP contribution in [0, 0.1) is 0 Å². The van der Waals surface area contributed by atoms with Crippen LogP contribution in [0.15, 0.2) is 194 Å². The lowest BCUT2D eigenvalue weighted by Gasteiger charge is -2.21. The van der Waals surface area contributed by atoms with Gasteiger partial charge in [0.1, 0.15) is 25.4 Å². The van der Waals surface area contributed by atoms with Gasteiger partial charge in [0.25, 0.3) is 0 Å². The standard InChI is InChI=1S/C99H164O16P2/c1-4-7-10-13-16-19-22-25-28-31-34-36-38-40-42-43-44-45-46-47-48-49-51-53-54-56-59-61-64-67-70-73-76-79-82-85-97(102)109-88-94(100)89-111-116(105,106)112-90-95(101)91-113-117(107,108)114-93-96(115-99(104)87-84-81-78-75-72-69-66-63-58-33-30-27-24-21-18-15-12-9-6-3)92-110-98(103)86-83-80-77-74-71-68-65-62-60-57-55-52-50-41-39-37-35-32-29-26-23-20-17-14-11-8-5-2/h7-12,16-21,25-30,34-37,40-42,44-45,50,58,63,69,72,94-96,100-101H,4-6,13-15,22-24,31-33,38-39,43,46-49,51-57,59-62,64-68,70-71,73-93H2,1-3H3,(H,105,106)(H,107,108)/b10-7-,11-8-,12-9-,19-16-,20-17-,21-18-,28-25-,29-26-,30-27-,36-34-,37-35-,42-40-,45-44-,50-41-,63-58-,72-69-. The second-order valence-electron chi connectivity index (χ2n) is 30.0. The Balaban J connectivity index is 4.54. The van der Waals surface area contributed by atoms with E-state index in [4.69, 9.17) is 32.3 Å². The molecule has 0 aromatic carbocycles. The summed E-state index contributed by atoms with van der Waals surface area (Å²) in [5, 5.41) is 20.7. The van der Waals surface area contributed by atoms with Crippen LogP contribution in [0.5, 0.6) is 0 Å². The lowest BCUT2D eigenvalue weighted by atomic mass is 10.0. The Morgan fingerprint density at radius 3 is 0.684 bits per heavy atom. The molecule has 0 aromatic heterocycles. The van der Waals surface area contributed by atoms with E-state index in [-0.39, 0.29) is 19.3 Å². The van der Waals surface area contributed by atoms with Crippen molar-refractivity contribution >= 4 is 33.6 Å². The summed E-state index contributed by atoms with van der Waals surface area (Å²) in [6.45, 7) is 2.32. The number of carbonyl (C=O) groups is 3. The van der Waals surface area contributed by atoms with Crippen molar-refractivity contribution in [2.24, 2.45) is 0 Å². The van der Waals surface area contributed by atoms with Crippen LogP contribution in [0.3, 0.4) is 0 Å². The molecule has 0 rings (SSSR count). The third kappa shape index (κ3) is 91.0. The van der Waals surface area contributed by atoms with Gasteiger partial charge in [-0.25, -0.2) is 9.13 Å². The molecule has 0 spiro atoms. The molecule has 5 atom stereocenters. The topological polar surface area (TPSA) is 231 Å². The Bertz CT molecular complexity index is 2910. The molecule has 0 aliphatic carbocycles. The van der Waals surface area contributed by atoms with Crippen molar-refractivity contribution in [3.63, 3.8) is 0 Å². The van der Waals surface area contributed by atoms with Crippen LogP contribution < -0.4 is 0 Å². The highest BCUT2D eigenvalue weighted by Gasteiger charge is 2.29. The first kappa shape index (κ1) is 111. The predicted octanol–water partition coefficient (Wildman–Crippen LogP) is 28.2. The molecule has 117 heavy (non-hydrogen) atoms. The number of esters is 3. The Kier molecular flexibility index (Phi) is 85.3. The molecule has 5 unspecified atom stereocenters. The van der Waals surface area contributed by atoms with E-state index in [1.807, 2.05) is 0 Å². The number of rotatable bonds is 85. The van der Waals surface area contributed by atoms with Gasteiger partial charge in [-0.15, -0.1) is 0 Å². The molecular weight excluding hydrogens is 1510 g/mol. The van der Waals surface area contributed by atoms with E-state index < -0.39 is 91.5 Å². The van der Waals surface area contributed by atoms with Crippen molar-refractivity contribution in [3.8, 4) is 0 Å².